The Morgan fingerprint density at radius 1 is 1.20 bits per heavy atom. The number of ether oxygens (including phenoxy) is 1. The van der Waals surface area contributed by atoms with E-state index in [1.807, 2.05) is 11.9 Å². The fraction of sp³-hybridized carbons (Fsp3) is 0.562. The summed E-state index contributed by atoms with van der Waals surface area (Å²) < 4.78 is 5.52. The maximum Gasteiger partial charge on any atom is 0.260 e. The number of rotatable bonds is 4. The van der Waals surface area contributed by atoms with Gasteiger partial charge in [-0.1, -0.05) is 37.3 Å². The van der Waals surface area contributed by atoms with Gasteiger partial charge in [0.2, 0.25) is 0 Å². The molecule has 0 atom stereocenters. The van der Waals surface area contributed by atoms with Gasteiger partial charge in [-0.05, 0) is 37.1 Å². The summed E-state index contributed by atoms with van der Waals surface area (Å²) in [7, 11) is 1.89. The summed E-state index contributed by atoms with van der Waals surface area (Å²) in [5.41, 5.74) is 0. The van der Waals surface area contributed by atoms with Gasteiger partial charge in [0.1, 0.15) is 5.75 Å². The third kappa shape index (κ3) is 4.41. The van der Waals surface area contributed by atoms with Gasteiger partial charge >= 0.3 is 0 Å². The van der Waals surface area contributed by atoms with Crippen LogP contribution in [0.5, 0.6) is 5.75 Å². The molecule has 1 aliphatic rings. The summed E-state index contributed by atoms with van der Waals surface area (Å²) in [6.07, 6.45) is 7.26. The van der Waals surface area contributed by atoms with Crippen LogP contribution in [0, 0.1) is 0 Å². The molecule has 0 saturated heterocycles. The van der Waals surface area contributed by atoms with E-state index in [4.69, 9.17) is 16.3 Å². The highest BCUT2D eigenvalue weighted by Gasteiger charge is 2.21. The lowest BCUT2D eigenvalue weighted by Gasteiger charge is -2.27. The molecule has 1 saturated carbocycles. The highest BCUT2D eigenvalue weighted by molar-refractivity contribution is 6.30. The standard InChI is InChI=1S/C16H22ClNO2/c1-18(14-6-4-2-3-5-7-14)16(19)12-20-15-10-8-13(17)9-11-15/h8-11,14H,2-7,12H2,1H3. The molecule has 0 heterocycles. The molecule has 0 aromatic heterocycles. The summed E-state index contributed by atoms with van der Waals surface area (Å²) in [6.45, 7) is 0.0919. The lowest BCUT2D eigenvalue weighted by molar-refractivity contribution is -0.134. The molecule has 0 aliphatic heterocycles. The highest BCUT2D eigenvalue weighted by Crippen LogP contribution is 2.21. The lowest BCUT2D eigenvalue weighted by atomic mass is 10.1. The molecule has 1 fully saturated rings. The third-order valence-electron chi connectivity index (χ3n) is 3.94. The number of likely N-dealkylation sites (N-methyl/N-ethyl adjacent to an activating group) is 1. The van der Waals surface area contributed by atoms with Crippen molar-refractivity contribution in [1.82, 2.24) is 4.90 Å². The molecule has 0 spiro atoms. The van der Waals surface area contributed by atoms with Gasteiger partial charge in [0.05, 0.1) is 0 Å². The molecule has 1 aromatic carbocycles. The van der Waals surface area contributed by atoms with E-state index in [9.17, 15) is 4.79 Å². The second-order valence-corrected chi connectivity index (χ2v) is 5.83. The quantitative estimate of drug-likeness (QED) is 0.789. The first-order valence-corrected chi connectivity index (χ1v) is 7.68. The van der Waals surface area contributed by atoms with Gasteiger partial charge < -0.3 is 9.64 Å². The summed E-state index contributed by atoms with van der Waals surface area (Å²) >= 11 is 5.81. The van der Waals surface area contributed by atoms with Crippen molar-refractivity contribution in [2.24, 2.45) is 0 Å². The Bertz CT molecular complexity index is 425. The molecule has 0 radical (unpaired) electrons. The second-order valence-electron chi connectivity index (χ2n) is 5.39. The molecule has 0 unspecified atom stereocenters. The molecule has 3 nitrogen and oxygen atoms in total. The minimum Gasteiger partial charge on any atom is -0.484 e. The summed E-state index contributed by atoms with van der Waals surface area (Å²) in [6, 6.07) is 7.45. The molecule has 0 N–H and O–H groups in total. The number of amides is 1. The number of hydrogen-bond acceptors (Lipinski definition) is 2. The lowest BCUT2D eigenvalue weighted by Crippen LogP contribution is -2.39. The number of carbonyl (C=O) groups is 1. The van der Waals surface area contributed by atoms with Gasteiger partial charge in [-0.3, -0.25) is 4.79 Å². The summed E-state index contributed by atoms with van der Waals surface area (Å²) in [5, 5.41) is 0.666. The predicted molar refractivity (Wildman–Crippen MR) is 81.2 cm³/mol. The van der Waals surface area contributed by atoms with E-state index < -0.39 is 0 Å². The molecule has 0 bridgehead atoms. The minimum absolute atomic E-state index is 0.0480. The van der Waals surface area contributed by atoms with Crippen LogP contribution >= 0.6 is 11.6 Å². The Morgan fingerprint density at radius 3 is 2.40 bits per heavy atom. The Morgan fingerprint density at radius 2 is 1.80 bits per heavy atom. The molecule has 2 rings (SSSR count). The minimum atomic E-state index is 0.0480. The maximum atomic E-state index is 12.2. The van der Waals surface area contributed by atoms with Crippen molar-refractivity contribution >= 4 is 17.5 Å². The van der Waals surface area contributed by atoms with E-state index in [1.54, 1.807) is 24.3 Å². The molecule has 1 aromatic rings. The van der Waals surface area contributed by atoms with Crippen LogP contribution in [0.1, 0.15) is 38.5 Å². The third-order valence-corrected chi connectivity index (χ3v) is 4.19. The zero-order valence-corrected chi connectivity index (χ0v) is 12.7. The van der Waals surface area contributed by atoms with Crippen LogP contribution in [0.3, 0.4) is 0 Å². The second kappa shape index (κ2) is 7.53. The average molecular weight is 296 g/mol. The van der Waals surface area contributed by atoms with Crippen LogP contribution in [-0.4, -0.2) is 30.5 Å². The van der Waals surface area contributed by atoms with Crippen molar-refractivity contribution in [2.75, 3.05) is 13.7 Å². The van der Waals surface area contributed by atoms with Gasteiger partial charge in [-0.15, -0.1) is 0 Å². The zero-order chi connectivity index (χ0) is 14.4. The van der Waals surface area contributed by atoms with Crippen LogP contribution in [0.4, 0.5) is 0 Å². The normalized spacial score (nSPS) is 16.5. The first-order valence-electron chi connectivity index (χ1n) is 7.31. The Balaban J connectivity index is 1.82. The molecule has 4 heteroatoms. The Labute approximate surface area is 125 Å². The van der Waals surface area contributed by atoms with Gasteiger partial charge in [-0.25, -0.2) is 0 Å². The molecular weight excluding hydrogens is 274 g/mol. The first-order chi connectivity index (χ1) is 9.66. The topological polar surface area (TPSA) is 29.5 Å². The van der Waals surface area contributed by atoms with Crippen LogP contribution in [0.2, 0.25) is 5.02 Å². The van der Waals surface area contributed by atoms with E-state index in [0.29, 0.717) is 16.8 Å². The van der Waals surface area contributed by atoms with Crippen molar-refractivity contribution in [3.05, 3.63) is 29.3 Å². The summed E-state index contributed by atoms with van der Waals surface area (Å²) in [4.78, 5) is 14.0. The van der Waals surface area contributed by atoms with Crippen molar-refractivity contribution in [1.29, 1.82) is 0 Å². The maximum absolute atomic E-state index is 12.2. The van der Waals surface area contributed by atoms with E-state index in [-0.39, 0.29) is 12.5 Å². The van der Waals surface area contributed by atoms with Gasteiger partial charge in [0.25, 0.3) is 5.91 Å². The summed E-state index contributed by atoms with van der Waals surface area (Å²) in [5.74, 6) is 0.726. The molecule has 20 heavy (non-hydrogen) atoms. The van der Waals surface area contributed by atoms with Gasteiger partial charge in [0, 0.05) is 18.1 Å². The van der Waals surface area contributed by atoms with Crippen molar-refractivity contribution in [2.45, 2.75) is 44.6 Å². The van der Waals surface area contributed by atoms with Crippen molar-refractivity contribution < 1.29 is 9.53 Å². The number of hydrogen-bond donors (Lipinski definition) is 0. The monoisotopic (exact) mass is 295 g/mol. The predicted octanol–water partition coefficient (Wildman–Crippen LogP) is 3.90. The van der Waals surface area contributed by atoms with E-state index in [2.05, 4.69) is 0 Å². The molecule has 1 aliphatic carbocycles. The van der Waals surface area contributed by atoms with Crippen LogP contribution < -0.4 is 4.74 Å². The average Bonchev–Trinajstić information content (AvgIpc) is 2.74. The highest BCUT2D eigenvalue weighted by atomic mass is 35.5. The zero-order valence-electron chi connectivity index (χ0n) is 12.0. The van der Waals surface area contributed by atoms with E-state index in [0.717, 1.165) is 12.8 Å². The Kier molecular flexibility index (Phi) is 5.72. The number of benzene rings is 1. The number of nitrogens with zero attached hydrogens (tertiary/aromatic N) is 1. The van der Waals surface area contributed by atoms with Crippen LogP contribution in [-0.2, 0) is 4.79 Å². The molecular formula is C16H22ClNO2. The Hall–Kier alpha value is -1.22. The molecule has 110 valence electrons. The van der Waals surface area contributed by atoms with Crippen molar-refractivity contribution in [3.63, 3.8) is 0 Å². The van der Waals surface area contributed by atoms with Gasteiger partial charge in [0.15, 0.2) is 6.61 Å². The number of carbonyl (C=O) groups excluding carboxylic acids is 1. The van der Waals surface area contributed by atoms with Gasteiger partial charge in [-0.2, -0.15) is 0 Å². The fourth-order valence-corrected chi connectivity index (χ4v) is 2.75. The largest absolute Gasteiger partial charge is 0.484 e. The van der Waals surface area contributed by atoms with E-state index in [1.165, 1.54) is 25.7 Å². The van der Waals surface area contributed by atoms with Crippen LogP contribution in [0.15, 0.2) is 24.3 Å². The number of halogens is 1. The fourth-order valence-electron chi connectivity index (χ4n) is 2.63. The smallest absolute Gasteiger partial charge is 0.260 e. The van der Waals surface area contributed by atoms with Crippen LogP contribution in [0.25, 0.3) is 0 Å². The van der Waals surface area contributed by atoms with E-state index >= 15 is 0 Å². The SMILES string of the molecule is CN(C(=O)COc1ccc(Cl)cc1)C1CCCCCC1. The van der Waals surface area contributed by atoms with Crippen molar-refractivity contribution in [3.8, 4) is 5.75 Å². The first kappa shape index (κ1) is 15.2. The molecule has 1 amide bonds.